The molecule has 1 aromatic carbocycles. The Bertz CT molecular complexity index is 438. The van der Waals surface area contributed by atoms with Gasteiger partial charge in [0.25, 0.3) is 0 Å². The third kappa shape index (κ3) is 3.96. The Kier molecular flexibility index (Phi) is 5.03. The predicted octanol–water partition coefficient (Wildman–Crippen LogP) is 1.59. The molecule has 1 unspecified atom stereocenters. The van der Waals surface area contributed by atoms with E-state index >= 15 is 0 Å². The van der Waals surface area contributed by atoms with Crippen LogP contribution in [0.4, 0.5) is 13.6 Å². The van der Waals surface area contributed by atoms with Gasteiger partial charge in [-0.15, -0.1) is 0 Å². The van der Waals surface area contributed by atoms with Crippen LogP contribution in [0.15, 0.2) is 12.1 Å². The number of nitrogens with two attached hydrogens (primary N) is 1. The molecule has 0 aliphatic heterocycles. The van der Waals surface area contributed by atoms with Crippen molar-refractivity contribution in [2.45, 2.75) is 19.9 Å². The summed E-state index contributed by atoms with van der Waals surface area (Å²) in [7, 11) is 0. The van der Waals surface area contributed by atoms with E-state index in [0.29, 0.717) is 13.1 Å². The molecule has 0 aliphatic carbocycles. The summed E-state index contributed by atoms with van der Waals surface area (Å²) in [6.07, 6.45) is 0. The van der Waals surface area contributed by atoms with Crippen LogP contribution in [0.1, 0.15) is 24.1 Å². The van der Waals surface area contributed by atoms with Crippen LogP contribution >= 0.6 is 0 Å². The summed E-state index contributed by atoms with van der Waals surface area (Å²) in [5, 5.41) is 5.36. The van der Waals surface area contributed by atoms with E-state index in [1.807, 2.05) is 0 Å². The molecule has 18 heavy (non-hydrogen) atoms. The zero-order chi connectivity index (χ0) is 13.7. The number of amides is 2. The number of aryl methyl sites for hydroxylation is 1. The summed E-state index contributed by atoms with van der Waals surface area (Å²) in [6, 6.07) is 1.39. The van der Waals surface area contributed by atoms with Crippen molar-refractivity contribution >= 4 is 6.03 Å². The van der Waals surface area contributed by atoms with Crippen molar-refractivity contribution in [1.29, 1.82) is 0 Å². The summed E-state index contributed by atoms with van der Waals surface area (Å²) >= 11 is 0. The minimum absolute atomic E-state index is 0.261. The number of benzene rings is 1. The fourth-order valence-electron chi connectivity index (χ4n) is 1.58. The van der Waals surface area contributed by atoms with Gasteiger partial charge in [0.05, 0.1) is 0 Å². The molecule has 0 heterocycles. The quantitative estimate of drug-likeness (QED) is 0.701. The van der Waals surface area contributed by atoms with Crippen molar-refractivity contribution < 1.29 is 13.6 Å². The zero-order valence-electron chi connectivity index (χ0n) is 10.4. The molecule has 0 bridgehead atoms. The van der Waals surface area contributed by atoms with Crippen LogP contribution < -0.4 is 16.4 Å². The molecule has 0 fully saturated rings. The second kappa shape index (κ2) is 6.30. The molecule has 0 radical (unpaired) electrons. The molecule has 0 aliphatic rings. The maximum Gasteiger partial charge on any atom is 0.312 e. The first-order valence-electron chi connectivity index (χ1n) is 5.64. The number of hydrogen-bond donors (Lipinski definition) is 3. The molecule has 100 valence electrons. The Labute approximate surface area is 105 Å². The highest BCUT2D eigenvalue weighted by Gasteiger charge is 2.13. The maximum atomic E-state index is 13.6. The van der Waals surface area contributed by atoms with Crippen molar-refractivity contribution in [3.8, 4) is 0 Å². The van der Waals surface area contributed by atoms with Gasteiger partial charge in [0.15, 0.2) is 0 Å². The second-order valence-electron chi connectivity index (χ2n) is 4.09. The van der Waals surface area contributed by atoms with Gasteiger partial charge in [-0.3, -0.25) is 0 Å². The van der Waals surface area contributed by atoms with E-state index in [-0.39, 0.29) is 17.2 Å². The SMILES string of the molecule is Cc1cc(F)c(C(C)NCCNC(N)=O)cc1F. The molecule has 4 N–H and O–H groups in total. The topological polar surface area (TPSA) is 67.2 Å². The first-order chi connectivity index (χ1) is 8.41. The van der Waals surface area contributed by atoms with Gasteiger partial charge in [0.2, 0.25) is 0 Å². The Morgan fingerprint density at radius 3 is 2.61 bits per heavy atom. The van der Waals surface area contributed by atoms with Crippen LogP contribution in [0, 0.1) is 18.6 Å². The fraction of sp³-hybridized carbons (Fsp3) is 0.417. The monoisotopic (exact) mass is 257 g/mol. The lowest BCUT2D eigenvalue weighted by molar-refractivity contribution is 0.249. The molecular weight excluding hydrogens is 240 g/mol. The van der Waals surface area contributed by atoms with Gasteiger partial charge in [-0.25, -0.2) is 13.6 Å². The molecule has 0 saturated heterocycles. The third-order valence-electron chi connectivity index (χ3n) is 2.62. The molecule has 1 aromatic rings. The zero-order valence-corrected chi connectivity index (χ0v) is 10.4. The Balaban J connectivity index is 2.58. The molecule has 2 amide bonds. The van der Waals surface area contributed by atoms with Gasteiger partial charge in [-0.05, 0) is 31.5 Å². The van der Waals surface area contributed by atoms with Gasteiger partial charge in [-0.1, -0.05) is 0 Å². The van der Waals surface area contributed by atoms with Crippen LogP contribution in [0.5, 0.6) is 0 Å². The number of nitrogens with one attached hydrogen (secondary N) is 2. The van der Waals surface area contributed by atoms with E-state index in [9.17, 15) is 13.6 Å². The number of rotatable bonds is 5. The summed E-state index contributed by atoms with van der Waals surface area (Å²) in [5.74, 6) is -0.882. The van der Waals surface area contributed by atoms with Crippen LogP contribution in [0.25, 0.3) is 0 Å². The van der Waals surface area contributed by atoms with E-state index < -0.39 is 17.7 Å². The van der Waals surface area contributed by atoms with Gasteiger partial charge < -0.3 is 16.4 Å². The average Bonchev–Trinajstić information content (AvgIpc) is 2.28. The summed E-state index contributed by atoms with van der Waals surface area (Å²) in [5.41, 5.74) is 5.43. The summed E-state index contributed by atoms with van der Waals surface area (Å²) in [4.78, 5) is 10.4. The Hall–Kier alpha value is -1.69. The normalized spacial score (nSPS) is 12.2. The molecular formula is C12H17F2N3O. The molecule has 1 atom stereocenters. The standard InChI is InChI=1S/C12H17F2N3O/c1-7-5-11(14)9(6-10(7)13)8(2)16-3-4-17-12(15)18/h5-6,8,16H,3-4H2,1-2H3,(H3,15,17,18). The third-order valence-corrected chi connectivity index (χ3v) is 2.62. The first-order valence-corrected chi connectivity index (χ1v) is 5.64. The Morgan fingerprint density at radius 1 is 1.33 bits per heavy atom. The second-order valence-corrected chi connectivity index (χ2v) is 4.09. The summed E-state index contributed by atoms with van der Waals surface area (Å²) in [6.45, 7) is 3.98. The van der Waals surface area contributed by atoms with E-state index in [1.54, 1.807) is 6.92 Å². The lowest BCUT2D eigenvalue weighted by Gasteiger charge is -2.15. The van der Waals surface area contributed by atoms with Crippen molar-refractivity contribution in [1.82, 2.24) is 10.6 Å². The van der Waals surface area contributed by atoms with E-state index in [0.717, 1.165) is 0 Å². The van der Waals surface area contributed by atoms with E-state index in [1.165, 1.54) is 19.1 Å². The fourth-order valence-corrected chi connectivity index (χ4v) is 1.58. The average molecular weight is 257 g/mol. The van der Waals surface area contributed by atoms with Crippen LogP contribution in [-0.2, 0) is 0 Å². The van der Waals surface area contributed by atoms with Gasteiger partial charge in [0.1, 0.15) is 11.6 Å². The minimum Gasteiger partial charge on any atom is -0.352 e. The van der Waals surface area contributed by atoms with Crippen LogP contribution in [-0.4, -0.2) is 19.1 Å². The van der Waals surface area contributed by atoms with Gasteiger partial charge >= 0.3 is 6.03 Å². The lowest BCUT2D eigenvalue weighted by Crippen LogP contribution is -2.36. The minimum atomic E-state index is -0.614. The van der Waals surface area contributed by atoms with Gasteiger partial charge in [-0.2, -0.15) is 0 Å². The Morgan fingerprint density at radius 2 is 2.00 bits per heavy atom. The number of carbonyl (C=O) groups is 1. The number of halogens is 2. The van der Waals surface area contributed by atoms with E-state index in [2.05, 4.69) is 10.6 Å². The number of hydrogen-bond acceptors (Lipinski definition) is 2. The largest absolute Gasteiger partial charge is 0.352 e. The van der Waals surface area contributed by atoms with Crippen LogP contribution in [0.2, 0.25) is 0 Å². The highest BCUT2D eigenvalue weighted by Crippen LogP contribution is 2.20. The lowest BCUT2D eigenvalue weighted by atomic mass is 10.1. The van der Waals surface area contributed by atoms with Crippen molar-refractivity contribution in [2.75, 3.05) is 13.1 Å². The molecule has 0 saturated carbocycles. The number of primary amides is 1. The highest BCUT2D eigenvalue weighted by molar-refractivity contribution is 5.71. The molecule has 0 spiro atoms. The smallest absolute Gasteiger partial charge is 0.312 e. The van der Waals surface area contributed by atoms with Crippen molar-refractivity contribution in [2.24, 2.45) is 5.73 Å². The molecule has 4 nitrogen and oxygen atoms in total. The predicted molar refractivity (Wildman–Crippen MR) is 65.1 cm³/mol. The van der Waals surface area contributed by atoms with Crippen LogP contribution in [0.3, 0.4) is 0 Å². The number of urea groups is 1. The first kappa shape index (κ1) is 14.4. The highest BCUT2D eigenvalue weighted by atomic mass is 19.1. The summed E-state index contributed by atoms with van der Waals surface area (Å²) < 4.78 is 27.0. The molecule has 0 aromatic heterocycles. The van der Waals surface area contributed by atoms with Gasteiger partial charge in [0, 0.05) is 24.7 Å². The molecule has 1 rings (SSSR count). The number of carbonyl (C=O) groups excluding carboxylic acids is 1. The van der Waals surface area contributed by atoms with Crippen molar-refractivity contribution in [3.05, 3.63) is 34.9 Å². The van der Waals surface area contributed by atoms with E-state index in [4.69, 9.17) is 5.73 Å². The van der Waals surface area contributed by atoms with Crippen molar-refractivity contribution in [3.63, 3.8) is 0 Å². The molecule has 6 heteroatoms. The maximum absolute atomic E-state index is 13.6.